The maximum absolute atomic E-state index is 12.9. The van der Waals surface area contributed by atoms with Gasteiger partial charge in [-0.15, -0.1) is 0 Å². The summed E-state index contributed by atoms with van der Waals surface area (Å²) in [5.41, 5.74) is 5.36. The Kier molecular flexibility index (Phi) is 4.72. The molecule has 0 radical (unpaired) electrons. The van der Waals surface area contributed by atoms with Gasteiger partial charge in [0.2, 0.25) is 0 Å². The zero-order valence-corrected chi connectivity index (χ0v) is 16.1. The van der Waals surface area contributed by atoms with E-state index in [4.69, 9.17) is 5.21 Å². The number of para-hydroxylation sites is 1. The van der Waals surface area contributed by atoms with Crippen LogP contribution in [0.2, 0.25) is 0 Å². The minimum Gasteiger partial charge on any atom is -0.333 e. The number of fused-ring (bicyclic) bond motifs is 3. The minimum atomic E-state index is -0.492. The fraction of sp³-hybridized carbons (Fsp3) is 0.200. The maximum Gasteiger partial charge on any atom is 0.263 e. The molecule has 7 heteroatoms. The SMILES string of the molecule is O=C(Cn1c2c(c3ccccc31)CCN(C(=O)c1cccc(Br)c1)C2)NO. The lowest BCUT2D eigenvalue weighted by Gasteiger charge is -2.28. The highest BCUT2D eigenvalue weighted by Gasteiger charge is 2.27. The second kappa shape index (κ2) is 7.17. The van der Waals surface area contributed by atoms with E-state index in [0.717, 1.165) is 33.1 Å². The topological polar surface area (TPSA) is 74.6 Å². The van der Waals surface area contributed by atoms with Gasteiger partial charge in [0.25, 0.3) is 11.8 Å². The average molecular weight is 428 g/mol. The van der Waals surface area contributed by atoms with Crippen LogP contribution in [0.25, 0.3) is 10.9 Å². The summed E-state index contributed by atoms with van der Waals surface area (Å²) in [4.78, 5) is 26.6. The van der Waals surface area contributed by atoms with Crippen molar-refractivity contribution in [3.05, 3.63) is 69.8 Å². The van der Waals surface area contributed by atoms with Crippen molar-refractivity contribution in [1.29, 1.82) is 0 Å². The van der Waals surface area contributed by atoms with Crippen molar-refractivity contribution in [3.8, 4) is 0 Å². The highest BCUT2D eigenvalue weighted by molar-refractivity contribution is 9.10. The van der Waals surface area contributed by atoms with Crippen LogP contribution in [0.5, 0.6) is 0 Å². The predicted molar refractivity (Wildman–Crippen MR) is 104 cm³/mol. The molecule has 2 N–H and O–H groups in total. The quantitative estimate of drug-likeness (QED) is 0.498. The molecule has 4 rings (SSSR count). The number of benzene rings is 2. The maximum atomic E-state index is 12.9. The Balaban J connectivity index is 1.73. The van der Waals surface area contributed by atoms with Gasteiger partial charge in [0.15, 0.2) is 0 Å². The Hall–Kier alpha value is -2.64. The third-order valence-electron chi connectivity index (χ3n) is 4.95. The molecule has 0 atom stereocenters. The first-order chi connectivity index (χ1) is 13.1. The van der Waals surface area contributed by atoms with Gasteiger partial charge in [0.1, 0.15) is 6.54 Å². The summed E-state index contributed by atoms with van der Waals surface area (Å²) < 4.78 is 2.75. The van der Waals surface area contributed by atoms with Gasteiger partial charge in [0.05, 0.1) is 6.54 Å². The van der Waals surface area contributed by atoms with E-state index in [-0.39, 0.29) is 12.5 Å². The van der Waals surface area contributed by atoms with Crippen LogP contribution in [0.1, 0.15) is 21.6 Å². The number of hydroxylamine groups is 1. The van der Waals surface area contributed by atoms with E-state index >= 15 is 0 Å². The number of amides is 2. The lowest BCUT2D eigenvalue weighted by Crippen LogP contribution is -2.37. The molecule has 2 aromatic carbocycles. The molecule has 27 heavy (non-hydrogen) atoms. The van der Waals surface area contributed by atoms with Crippen molar-refractivity contribution in [2.75, 3.05) is 6.54 Å². The summed E-state index contributed by atoms with van der Waals surface area (Å²) in [6.07, 6.45) is 0.726. The molecule has 0 fully saturated rings. The van der Waals surface area contributed by atoms with E-state index < -0.39 is 5.91 Å². The largest absolute Gasteiger partial charge is 0.333 e. The Morgan fingerprint density at radius 2 is 1.96 bits per heavy atom. The number of nitrogens with zero attached hydrogens (tertiary/aromatic N) is 2. The molecule has 6 nitrogen and oxygen atoms in total. The standard InChI is InChI=1S/C20H18BrN3O3/c21-14-5-3-4-13(10-14)20(26)23-9-8-16-15-6-1-2-7-17(15)24(18(16)11-23)12-19(25)22-27/h1-7,10,27H,8-9,11-12H2,(H,22,25). The van der Waals surface area contributed by atoms with E-state index in [0.29, 0.717) is 18.7 Å². The van der Waals surface area contributed by atoms with Gasteiger partial charge in [-0.2, -0.15) is 0 Å². The molecule has 0 bridgehead atoms. The summed E-state index contributed by atoms with van der Waals surface area (Å²) in [7, 11) is 0. The monoisotopic (exact) mass is 427 g/mol. The predicted octanol–water partition coefficient (Wildman–Crippen LogP) is 3.11. The molecule has 1 aliphatic rings. The van der Waals surface area contributed by atoms with Gasteiger partial charge in [-0.25, -0.2) is 5.48 Å². The molecule has 0 unspecified atom stereocenters. The average Bonchev–Trinajstić information content (AvgIpc) is 3.00. The van der Waals surface area contributed by atoms with Crippen LogP contribution >= 0.6 is 15.9 Å². The van der Waals surface area contributed by atoms with Crippen molar-refractivity contribution in [2.45, 2.75) is 19.5 Å². The fourth-order valence-electron chi connectivity index (χ4n) is 3.73. The van der Waals surface area contributed by atoms with Crippen LogP contribution in [0.3, 0.4) is 0 Å². The Morgan fingerprint density at radius 1 is 1.15 bits per heavy atom. The van der Waals surface area contributed by atoms with E-state index in [1.807, 2.05) is 47.0 Å². The van der Waals surface area contributed by atoms with Gasteiger partial charge >= 0.3 is 0 Å². The number of hydrogen-bond donors (Lipinski definition) is 2. The smallest absolute Gasteiger partial charge is 0.263 e. The molecule has 3 aromatic rings. The van der Waals surface area contributed by atoms with Crippen LogP contribution in [0.4, 0.5) is 0 Å². The summed E-state index contributed by atoms with van der Waals surface area (Å²) in [5.74, 6) is -0.528. The van der Waals surface area contributed by atoms with E-state index in [1.54, 1.807) is 16.4 Å². The normalized spacial score (nSPS) is 13.5. The van der Waals surface area contributed by atoms with Crippen LogP contribution in [0, 0.1) is 0 Å². The molecule has 0 saturated carbocycles. The van der Waals surface area contributed by atoms with Crippen molar-refractivity contribution in [1.82, 2.24) is 14.9 Å². The number of hydrogen-bond acceptors (Lipinski definition) is 3. The van der Waals surface area contributed by atoms with Crippen molar-refractivity contribution >= 4 is 38.6 Å². The van der Waals surface area contributed by atoms with Crippen molar-refractivity contribution in [3.63, 3.8) is 0 Å². The molecule has 2 amide bonds. The Labute approximate surface area is 164 Å². The van der Waals surface area contributed by atoms with Gasteiger partial charge in [-0.05, 0) is 36.2 Å². The third-order valence-corrected chi connectivity index (χ3v) is 5.44. The summed E-state index contributed by atoms with van der Waals surface area (Å²) in [5, 5.41) is 10.0. The second-order valence-corrected chi connectivity index (χ2v) is 7.47. The van der Waals surface area contributed by atoms with Crippen LogP contribution in [0.15, 0.2) is 53.0 Å². The Morgan fingerprint density at radius 3 is 2.74 bits per heavy atom. The lowest BCUT2D eigenvalue weighted by atomic mass is 10.0. The first-order valence-corrected chi connectivity index (χ1v) is 9.44. The molecular weight excluding hydrogens is 410 g/mol. The molecule has 1 aromatic heterocycles. The zero-order valence-electron chi connectivity index (χ0n) is 14.5. The fourth-order valence-corrected chi connectivity index (χ4v) is 4.13. The summed E-state index contributed by atoms with van der Waals surface area (Å²) >= 11 is 3.41. The summed E-state index contributed by atoms with van der Waals surface area (Å²) in [6.45, 7) is 1.05. The first kappa shape index (κ1) is 17.8. The number of carbonyl (C=O) groups excluding carboxylic acids is 2. The molecular formula is C20H18BrN3O3. The Bertz CT molecular complexity index is 1040. The van der Waals surface area contributed by atoms with Crippen LogP contribution < -0.4 is 5.48 Å². The molecule has 1 aliphatic heterocycles. The van der Waals surface area contributed by atoms with Gasteiger partial charge in [-0.3, -0.25) is 14.8 Å². The van der Waals surface area contributed by atoms with Gasteiger partial charge < -0.3 is 9.47 Å². The molecule has 138 valence electrons. The molecule has 2 heterocycles. The number of carbonyl (C=O) groups is 2. The first-order valence-electron chi connectivity index (χ1n) is 8.65. The zero-order chi connectivity index (χ0) is 19.0. The minimum absolute atomic E-state index is 0.00522. The van der Waals surface area contributed by atoms with Crippen LogP contribution in [-0.2, 0) is 24.3 Å². The van der Waals surface area contributed by atoms with Crippen molar-refractivity contribution in [2.24, 2.45) is 0 Å². The van der Waals surface area contributed by atoms with Crippen LogP contribution in [-0.4, -0.2) is 33.0 Å². The number of nitrogens with one attached hydrogen (secondary N) is 1. The van der Waals surface area contributed by atoms with Gasteiger partial charge in [0, 0.05) is 33.2 Å². The number of rotatable bonds is 3. The lowest BCUT2D eigenvalue weighted by molar-refractivity contribution is -0.129. The molecule has 0 aliphatic carbocycles. The molecule has 0 spiro atoms. The third kappa shape index (κ3) is 3.24. The summed E-state index contributed by atoms with van der Waals surface area (Å²) in [6, 6.07) is 15.2. The molecule has 0 saturated heterocycles. The van der Waals surface area contributed by atoms with E-state index in [1.165, 1.54) is 0 Å². The highest BCUT2D eigenvalue weighted by Crippen LogP contribution is 2.31. The van der Waals surface area contributed by atoms with E-state index in [2.05, 4.69) is 15.9 Å². The number of aromatic nitrogens is 1. The van der Waals surface area contributed by atoms with Gasteiger partial charge in [-0.1, -0.05) is 40.2 Å². The van der Waals surface area contributed by atoms with Crippen molar-refractivity contribution < 1.29 is 14.8 Å². The second-order valence-electron chi connectivity index (χ2n) is 6.55. The highest BCUT2D eigenvalue weighted by atomic mass is 79.9. The number of halogens is 1. The van der Waals surface area contributed by atoms with E-state index in [9.17, 15) is 9.59 Å².